The Kier molecular flexibility index (Phi) is 9.05. The van der Waals surface area contributed by atoms with Crippen molar-refractivity contribution < 1.29 is 22.7 Å². The Morgan fingerprint density at radius 3 is 2.56 bits per heavy atom. The first-order valence-electron chi connectivity index (χ1n) is 10.3. The summed E-state index contributed by atoms with van der Waals surface area (Å²) in [6.45, 7) is 6.33. The number of nitriles is 1. The Morgan fingerprint density at radius 1 is 1.19 bits per heavy atom. The molecule has 0 saturated carbocycles. The minimum absolute atomic E-state index is 0.0201. The van der Waals surface area contributed by atoms with Crippen molar-refractivity contribution >= 4 is 21.7 Å². The van der Waals surface area contributed by atoms with Crippen LogP contribution in [0.15, 0.2) is 41.3 Å². The average molecular weight is 460 g/mol. The number of hydrogen-bond acceptors (Lipinski definition) is 7. The second-order valence-corrected chi connectivity index (χ2v) is 9.09. The van der Waals surface area contributed by atoms with Crippen LogP contribution in [0.4, 0.5) is 5.69 Å². The SMILES string of the molecule is CCOC(=O)CNc1cc(C(C)C)ccc1CCNS(=O)(=O)c1cc(C#N)ccc1OC. The number of hydrogen-bond donors (Lipinski definition) is 2. The molecular formula is C23H29N3O5S. The molecule has 2 rings (SSSR count). The third-order valence-corrected chi connectivity index (χ3v) is 6.28. The van der Waals surface area contributed by atoms with Crippen molar-refractivity contribution in [2.75, 3.05) is 32.1 Å². The second-order valence-electron chi connectivity index (χ2n) is 7.36. The molecule has 0 heterocycles. The van der Waals surface area contributed by atoms with E-state index in [0.29, 0.717) is 18.9 Å². The number of nitrogens with zero attached hydrogens (tertiary/aromatic N) is 1. The summed E-state index contributed by atoms with van der Waals surface area (Å²) in [4.78, 5) is 11.7. The molecule has 0 aliphatic rings. The van der Waals surface area contributed by atoms with Crippen LogP contribution < -0.4 is 14.8 Å². The first kappa shape index (κ1) is 25.2. The number of benzene rings is 2. The molecule has 2 aromatic rings. The summed E-state index contributed by atoms with van der Waals surface area (Å²) in [5.41, 5.74) is 2.94. The van der Waals surface area contributed by atoms with Crippen LogP contribution in [0.25, 0.3) is 0 Å². The number of methoxy groups -OCH3 is 1. The molecule has 8 nitrogen and oxygen atoms in total. The van der Waals surface area contributed by atoms with E-state index in [4.69, 9.17) is 14.7 Å². The van der Waals surface area contributed by atoms with Gasteiger partial charge in [0.15, 0.2) is 0 Å². The van der Waals surface area contributed by atoms with Crippen molar-refractivity contribution in [3.8, 4) is 11.8 Å². The average Bonchev–Trinajstić information content (AvgIpc) is 2.77. The fourth-order valence-corrected chi connectivity index (χ4v) is 4.29. The molecule has 2 aromatic carbocycles. The minimum Gasteiger partial charge on any atom is -0.495 e. The van der Waals surface area contributed by atoms with E-state index < -0.39 is 10.0 Å². The first-order valence-corrected chi connectivity index (χ1v) is 11.8. The highest BCUT2D eigenvalue weighted by Crippen LogP contribution is 2.26. The second kappa shape index (κ2) is 11.5. The van der Waals surface area contributed by atoms with Crippen LogP contribution in [0.2, 0.25) is 0 Å². The van der Waals surface area contributed by atoms with E-state index in [9.17, 15) is 13.2 Å². The quantitative estimate of drug-likeness (QED) is 0.496. The van der Waals surface area contributed by atoms with Crippen molar-refractivity contribution in [1.82, 2.24) is 4.72 Å². The Labute approximate surface area is 189 Å². The van der Waals surface area contributed by atoms with Crippen LogP contribution in [0, 0.1) is 11.3 Å². The van der Waals surface area contributed by atoms with Crippen LogP contribution in [0.1, 0.15) is 43.4 Å². The topological polar surface area (TPSA) is 118 Å². The molecule has 0 radical (unpaired) electrons. The Morgan fingerprint density at radius 2 is 1.94 bits per heavy atom. The lowest BCUT2D eigenvalue weighted by atomic mass is 9.99. The molecule has 0 spiro atoms. The third-order valence-electron chi connectivity index (χ3n) is 4.80. The van der Waals surface area contributed by atoms with Gasteiger partial charge in [-0.15, -0.1) is 0 Å². The van der Waals surface area contributed by atoms with Crippen molar-refractivity contribution in [3.05, 3.63) is 53.1 Å². The molecular weight excluding hydrogens is 430 g/mol. The fraction of sp³-hybridized carbons (Fsp3) is 0.391. The largest absolute Gasteiger partial charge is 0.495 e. The first-order chi connectivity index (χ1) is 15.2. The van der Waals surface area contributed by atoms with E-state index in [2.05, 4.69) is 23.9 Å². The monoisotopic (exact) mass is 459 g/mol. The van der Waals surface area contributed by atoms with Crippen LogP contribution in [-0.2, 0) is 26.0 Å². The predicted molar refractivity (Wildman–Crippen MR) is 122 cm³/mol. The fourth-order valence-electron chi connectivity index (χ4n) is 3.07. The molecule has 2 N–H and O–H groups in total. The van der Waals surface area contributed by atoms with Crippen molar-refractivity contribution in [2.24, 2.45) is 0 Å². The number of anilines is 1. The van der Waals surface area contributed by atoms with Gasteiger partial charge in [-0.25, -0.2) is 13.1 Å². The van der Waals surface area contributed by atoms with E-state index in [1.807, 2.05) is 24.3 Å². The van der Waals surface area contributed by atoms with Gasteiger partial charge in [-0.3, -0.25) is 4.79 Å². The zero-order valence-electron chi connectivity index (χ0n) is 18.8. The van der Waals surface area contributed by atoms with E-state index in [1.165, 1.54) is 25.3 Å². The van der Waals surface area contributed by atoms with Crippen molar-refractivity contribution in [1.29, 1.82) is 5.26 Å². The van der Waals surface area contributed by atoms with E-state index >= 15 is 0 Å². The van der Waals surface area contributed by atoms with E-state index in [0.717, 1.165) is 16.8 Å². The summed E-state index contributed by atoms with van der Waals surface area (Å²) in [7, 11) is -2.52. The van der Waals surface area contributed by atoms with Crippen LogP contribution >= 0.6 is 0 Å². The molecule has 0 saturated heterocycles. The maximum absolute atomic E-state index is 12.8. The molecule has 172 valence electrons. The Hall–Kier alpha value is -3.09. The maximum Gasteiger partial charge on any atom is 0.325 e. The normalized spacial score (nSPS) is 11.1. The molecule has 9 heteroatoms. The lowest BCUT2D eigenvalue weighted by Crippen LogP contribution is -2.27. The molecule has 0 bridgehead atoms. The highest BCUT2D eigenvalue weighted by Gasteiger charge is 2.20. The van der Waals surface area contributed by atoms with Gasteiger partial charge >= 0.3 is 5.97 Å². The summed E-state index contributed by atoms with van der Waals surface area (Å²) >= 11 is 0. The van der Waals surface area contributed by atoms with Gasteiger partial charge in [0.1, 0.15) is 17.2 Å². The zero-order valence-corrected chi connectivity index (χ0v) is 19.6. The molecule has 32 heavy (non-hydrogen) atoms. The van der Waals surface area contributed by atoms with Crippen LogP contribution in [-0.4, -0.2) is 41.2 Å². The summed E-state index contributed by atoms with van der Waals surface area (Å²) in [6, 6.07) is 12.0. The van der Waals surface area contributed by atoms with Crippen molar-refractivity contribution in [3.63, 3.8) is 0 Å². The molecule has 0 fully saturated rings. The van der Waals surface area contributed by atoms with Gasteiger partial charge in [0, 0.05) is 12.2 Å². The van der Waals surface area contributed by atoms with Gasteiger partial charge in [0.2, 0.25) is 10.0 Å². The molecule has 0 unspecified atom stereocenters. The molecule has 0 aliphatic heterocycles. The maximum atomic E-state index is 12.8. The lowest BCUT2D eigenvalue weighted by molar-refractivity contribution is -0.140. The zero-order chi connectivity index (χ0) is 23.7. The Bertz CT molecular complexity index is 1090. The minimum atomic E-state index is -3.89. The van der Waals surface area contributed by atoms with Gasteiger partial charge in [-0.2, -0.15) is 5.26 Å². The molecule has 0 amide bonds. The smallest absolute Gasteiger partial charge is 0.325 e. The number of sulfonamides is 1. The highest BCUT2D eigenvalue weighted by molar-refractivity contribution is 7.89. The number of carbonyl (C=O) groups excluding carboxylic acids is 1. The molecule has 0 atom stereocenters. The number of esters is 1. The number of carbonyl (C=O) groups is 1. The van der Waals surface area contributed by atoms with Gasteiger partial charge in [0.25, 0.3) is 0 Å². The van der Waals surface area contributed by atoms with Crippen molar-refractivity contribution in [2.45, 2.75) is 38.0 Å². The van der Waals surface area contributed by atoms with Gasteiger partial charge in [-0.1, -0.05) is 26.0 Å². The Balaban J connectivity index is 2.17. The van der Waals surface area contributed by atoms with Crippen LogP contribution in [0.5, 0.6) is 5.75 Å². The number of nitrogens with one attached hydrogen (secondary N) is 2. The van der Waals surface area contributed by atoms with Crippen LogP contribution in [0.3, 0.4) is 0 Å². The van der Waals surface area contributed by atoms with Gasteiger partial charge in [-0.05, 0) is 54.7 Å². The molecule has 0 aliphatic carbocycles. The standard InChI is InChI=1S/C23H29N3O5S/c1-5-31-23(27)15-25-20-13-19(16(2)3)8-7-18(20)10-11-26-32(28,29)22-12-17(14-24)6-9-21(22)30-4/h6-9,12-13,16,25-26H,5,10-11,15H2,1-4H3. The predicted octanol–water partition coefficient (Wildman–Crippen LogP) is 3.19. The molecule has 0 aromatic heterocycles. The third kappa shape index (κ3) is 6.70. The van der Waals surface area contributed by atoms with Gasteiger partial charge in [0.05, 0.1) is 25.3 Å². The number of rotatable bonds is 11. The highest BCUT2D eigenvalue weighted by atomic mass is 32.2. The van der Waals surface area contributed by atoms with E-state index in [1.54, 1.807) is 6.92 Å². The summed E-state index contributed by atoms with van der Waals surface area (Å²) in [5, 5.41) is 12.2. The van der Waals surface area contributed by atoms with E-state index in [-0.39, 0.29) is 35.3 Å². The summed E-state index contributed by atoms with van der Waals surface area (Å²) in [5.74, 6) is 0.0960. The lowest BCUT2D eigenvalue weighted by Gasteiger charge is -2.16. The summed E-state index contributed by atoms with van der Waals surface area (Å²) < 4.78 is 38.3. The summed E-state index contributed by atoms with van der Waals surface area (Å²) in [6.07, 6.45) is 0.392. The number of ether oxygens (including phenoxy) is 2. The van der Waals surface area contributed by atoms with Gasteiger partial charge < -0.3 is 14.8 Å².